The van der Waals surface area contributed by atoms with E-state index in [1.54, 1.807) is 23.9 Å². The average Bonchev–Trinajstić information content (AvgIpc) is 3.13. The molecule has 2 aromatic heterocycles. The molecule has 0 radical (unpaired) electrons. The van der Waals surface area contributed by atoms with Crippen molar-refractivity contribution in [2.45, 2.75) is 0 Å². The quantitative estimate of drug-likeness (QED) is 0.737. The Kier molecular flexibility index (Phi) is 3.16. The summed E-state index contributed by atoms with van der Waals surface area (Å²) in [4.78, 5) is 4.37. The van der Waals surface area contributed by atoms with E-state index < -0.39 is 0 Å². The summed E-state index contributed by atoms with van der Waals surface area (Å²) in [6, 6.07) is 11.2. The van der Waals surface area contributed by atoms with Crippen LogP contribution in [0.1, 0.15) is 5.56 Å². The Bertz CT molecular complexity index is 826. The zero-order chi connectivity index (χ0) is 14.8. The van der Waals surface area contributed by atoms with Crippen LogP contribution in [0.4, 0.5) is 0 Å². The van der Waals surface area contributed by atoms with Crippen molar-refractivity contribution >= 4 is 0 Å². The third-order valence-electron chi connectivity index (χ3n) is 3.11. The van der Waals surface area contributed by atoms with Crippen molar-refractivity contribution in [2.24, 2.45) is 7.05 Å². The molecule has 104 valence electrons. The first-order chi connectivity index (χ1) is 10.2. The summed E-state index contributed by atoms with van der Waals surface area (Å²) in [6.45, 7) is 0. The van der Waals surface area contributed by atoms with Gasteiger partial charge < -0.3 is 13.8 Å². The van der Waals surface area contributed by atoms with Gasteiger partial charge in [-0.05, 0) is 18.2 Å². The highest BCUT2D eigenvalue weighted by Crippen LogP contribution is 2.25. The summed E-state index contributed by atoms with van der Waals surface area (Å²) >= 11 is 0. The maximum Gasteiger partial charge on any atom is 0.274 e. The minimum absolute atomic E-state index is 0.372. The fraction of sp³-hybridized carbons (Fsp3) is 0.133. The van der Waals surface area contributed by atoms with Crippen molar-refractivity contribution in [1.29, 1.82) is 5.26 Å². The Morgan fingerprint density at radius 3 is 2.90 bits per heavy atom. The van der Waals surface area contributed by atoms with Crippen LogP contribution in [0.2, 0.25) is 0 Å². The van der Waals surface area contributed by atoms with Crippen molar-refractivity contribution in [1.82, 2.24) is 14.7 Å². The molecule has 2 heterocycles. The number of aryl methyl sites for hydroxylation is 1. The Balaban J connectivity index is 1.99. The number of hydrogen-bond donors (Lipinski definition) is 0. The van der Waals surface area contributed by atoms with Crippen LogP contribution in [0.3, 0.4) is 0 Å². The molecule has 1 aromatic carbocycles. The number of nitrogens with zero attached hydrogens (tertiary/aromatic N) is 4. The van der Waals surface area contributed by atoms with E-state index in [0.29, 0.717) is 23.0 Å². The Morgan fingerprint density at radius 1 is 1.33 bits per heavy atom. The number of ether oxygens (including phenoxy) is 1. The van der Waals surface area contributed by atoms with Gasteiger partial charge in [0.2, 0.25) is 5.82 Å². The molecule has 0 aliphatic heterocycles. The maximum absolute atomic E-state index is 8.92. The maximum atomic E-state index is 8.92. The van der Waals surface area contributed by atoms with E-state index in [1.807, 2.05) is 31.3 Å². The Hall–Kier alpha value is -3.07. The molecule has 0 aliphatic rings. The van der Waals surface area contributed by atoms with Crippen LogP contribution in [0, 0.1) is 11.3 Å². The standard InChI is InChI=1S/C15H12N4O2/c1-19-9-10(8-16)6-13(19)15-17-14(18-21-15)11-4-3-5-12(7-11)20-2/h3-7,9H,1-2H3. The summed E-state index contributed by atoms with van der Waals surface area (Å²) in [5.41, 5.74) is 2.06. The number of hydrogen-bond acceptors (Lipinski definition) is 5. The van der Waals surface area contributed by atoms with Crippen LogP contribution in [-0.2, 0) is 7.05 Å². The second kappa shape index (κ2) is 5.13. The van der Waals surface area contributed by atoms with Gasteiger partial charge in [-0.2, -0.15) is 10.2 Å². The zero-order valence-corrected chi connectivity index (χ0v) is 11.6. The van der Waals surface area contributed by atoms with Gasteiger partial charge in [0.05, 0.1) is 12.7 Å². The lowest BCUT2D eigenvalue weighted by Crippen LogP contribution is -1.89. The molecule has 0 fully saturated rings. The molecule has 0 aliphatic carbocycles. The number of methoxy groups -OCH3 is 1. The van der Waals surface area contributed by atoms with Crippen molar-refractivity contribution in [3.05, 3.63) is 42.1 Å². The third-order valence-corrected chi connectivity index (χ3v) is 3.11. The van der Waals surface area contributed by atoms with Gasteiger partial charge in [-0.3, -0.25) is 0 Å². The van der Waals surface area contributed by atoms with Gasteiger partial charge in [0.15, 0.2) is 0 Å². The predicted octanol–water partition coefficient (Wildman–Crippen LogP) is 2.62. The second-order valence-corrected chi connectivity index (χ2v) is 4.49. The van der Waals surface area contributed by atoms with E-state index >= 15 is 0 Å². The number of aromatic nitrogens is 3. The average molecular weight is 280 g/mol. The summed E-state index contributed by atoms with van der Waals surface area (Å²) in [5, 5.41) is 12.9. The SMILES string of the molecule is COc1cccc(-c2noc(-c3cc(C#N)cn3C)n2)c1. The van der Waals surface area contributed by atoms with Gasteiger partial charge in [-0.15, -0.1) is 0 Å². The van der Waals surface area contributed by atoms with E-state index in [9.17, 15) is 0 Å². The Morgan fingerprint density at radius 2 is 2.19 bits per heavy atom. The van der Waals surface area contributed by atoms with Gasteiger partial charge in [0.1, 0.15) is 17.5 Å². The lowest BCUT2D eigenvalue weighted by molar-refractivity contribution is 0.414. The topological polar surface area (TPSA) is 76.9 Å². The molecule has 6 nitrogen and oxygen atoms in total. The van der Waals surface area contributed by atoms with Crippen LogP contribution >= 0.6 is 0 Å². The van der Waals surface area contributed by atoms with Crippen LogP contribution in [-0.4, -0.2) is 21.8 Å². The fourth-order valence-corrected chi connectivity index (χ4v) is 2.05. The smallest absolute Gasteiger partial charge is 0.274 e. The molecule has 0 spiro atoms. The van der Waals surface area contributed by atoms with Gasteiger partial charge in [-0.25, -0.2) is 0 Å². The first-order valence-corrected chi connectivity index (χ1v) is 6.26. The van der Waals surface area contributed by atoms with Crippen LogP contribution < -0.4 is 4.74 Å². The highest BCUT2D eigenvalue weighted by atomic mass is 16.5. The molecule has 0 amide bonds. The van der Waals surface area contributed by atoms with Crippen molar-refractivity contribution in [2.75, 3.05) is 7.11 Å². The van der Waals surface area contributed by atoms with E-state index in [4.69, 9.17) is 14.5 Å². The van der Waals surface area contributed by atoms with Gasteiger partial charge in [0, 0.05) is 18.8 Å². The number of benzene rings is 1. The van der Waals surface area contributed by atoms with Gasteiger partial charge in [0.25, 0.3) is 5.89 Å². The molecule has 6 heteroatoms. The fourth-order valence-electron chi connectivity index (χ4n) is 2.05. The normalized spacial score (nSPS) is 10.3. The summed E-state index contributed by atoms with van der Waals surface area (Å²) in [5.74, 6) is 1.57. The second-order valence-electron chi connectivity index (χ2n) is 4.49. The Labute approximate surface area is 121 Å². The molecule has 0 bridgehead atoms. The van der Waals surface area contributed by atoms with Crippen molar-refractivity contribution in [3.63, 3.8) is 0 Å². The first-order valence-electron chi connectivity index (χ1n) is 6.26. The van der Waals surface area contributed by atoms with Crippen molar-refractivity contribution < 1.29 is 9.26 Å². The monoisotopic (exact) mass is 280 g/mol. The summed E-state index contributed by atoms with van der Waals surface area (Å²) < 4.78 is 12.2. The zero-order valence-electron chi connectivity index (χ0n) is 11.6. The van der Waals surface area contributed by atoms with Crippen molar-refractivity contribution in [3.8, 4) is 34.8 Å². The van der Waals surface area contributed by atoms with E-state index in [2.05, 4.69) is 16.2 Å². The first kappa shape index (κ1) is 12.9. The minimum Gasteiger partial charge on any atom is -0.497 e. The van der Waals surface area contributed by atoms with Crippen LogP contribution in [0.15, 0.2) is 41.1 Å². The largest absolute Gasteiger partial charge is 0.497 e. The van der Waals surface area contributed by atoms with Gasteiger partial charge >= 0.3 is 0 Å². The molecule has 0 N–H and O–H groups in total. The van der Waals surface area contributed by atoms with Crippen LogP contribution in [0.5, 0.6) is 5.75 Å². The molecule has 21 heavy (non-hydrogen) atoms. The highest BCUT2D eigenvalue weighted by Gasteiger charge is 2.14. The van der Waals surface area contributed by atoms with Crippen LogP contribution in [0.25, 0.3) is 23.0 Å². The lowest BCUT2D eigenvalue weighted by Gasteiger charge is -1.99. The van der Waals surface area contributed by atoms with E-state index in [1.165, 1.54) is 0 Å². The molecular weight excluding hydrogens is 268 g/mol. The number of nitriles is 1. The molecule has 3 rings (SSSR count). The molecular formula is C15H12N4O2. The predicted molar refractivity (Wildman–Crippen MR) is 75.4 cm³/mol. The summed E-state index contributed by atoms with van der Waals surface area (Å²) in [6.07, 6.45) is 1.71. The molecule has 0 unspecified atom stereocenters. The lowest BCUT2D eigenvalue weighted by atomic mass is 10.2. The number of rotatable bonds is 3. The van der Waals surface area contributed by atoms with E-state index in [-0.39, 0.29) is 0 Å². The third kappa shape index (κ3) is 2.37. The summed E-state index contributed by atoms with van der Waals surface area (Å²) in [7, 11) is 3.43. The van der Waals surface area contributed by atoms with E-state index in [0.717, 1.165) is 11.3 Å². The molecule has 0 saturated carbocycles. The highest BCUT2D eigenvalue weighted by molar-refractivity contribution is 5.60. The van der Waals surface area contributed by atoms with Gasteiger partial charge in [-0.1, -0.05) is 17.3 Å². The molecule has 3 aromatic rings. The molecule has 0 saturated heterocycles. The molecule has 0 atom stereocenters. The minimum atomic E-state index is 0.372.